The van der Waals surface area contributed by atoms with E-state index in [0.29, 0.717) is 6.42 Å². The fourth-order valence-corrected chi connectivity index (χ4v) is 1.64. The molecule has 0 aliphatic rings. The van der Waals surface area contributed by atoms with Crippen LogP contribution in [0, 0.1) is 5.41 Å². The second kappa shape index (κ2) is 7.31. The minimum atomic E-state index is -0.665. The first kappa shape index (κ1) is 13.1. The Morgan fingerprint density at radius 1 is 1.44 bits per heavy atom. The molecule has 0 aromatic heterocycles. The molecule has 0 amide bonds. The Balaban J connectivity index is 2.59. The zero-order chi connectivity index (χ0) is 11.8. The molecular weight excluding hydrogens is 224 g/mol. The normalized spacial score (nSPS) is 13.9. The van der Waals surface area contributed by atoms with E-state index in [1.54, 1.807) is 0 Å². The van der Waals surface area contributed by atoms with Gasteiger partial charge in [0, 0.05) is 11.7 Å². The number of halogens is 1. The second-order valence-corrected chi connectivity index (χ2v) is 3.77. The van der Waals surface area contributed by atoms with Gasteiger partial charge in [0.25, 0.3) is 0 Å². The molecule has 0 aliphatic carbocycles. The third-order valence-corrected chi connectivity index (χ3v) is 2.60. The first-order valence-electron chi connectivity index (χ1n) is 5.03. The molecule has 5 heteroatoms. The zero-order valence-electron chi connectivity index (χ0n) is 8.84. The van der Waals surface area contributed by atoms with Crippen molar-refractivity contribution in [2.24, 2.45) is 0 Å². The van der Waals surface area contributed by atoms with Crippen LogP contribution in [0.2, 0.25) is 5.82 Å². The smallest absolute Gasteiger partial charge is 0.377 e. The van der Waals surface area contributed by atoms with Crippen LogP contribution in [0.5, 0.6) is 0 Å². The molecule has 0 unspecified atom stereocenters. The van der Waals surface area contributed by atoms with E-state index in [1.807, 2.05) is 30.3 Å². The van der Waals surface area contributed by atoms with Crippen LogP contribution in [0.1, 0.15) is 5.56 Å². The summed E-state index contributed by atoms with van der Waals surface area (Å²) < 4.78 is 4.79. The Morgan fingerprint density at radius 3 is 2.69 bits per heavy atom. The minimum absolute atomic E-state index is 0.148. The van der Waals surface area contributed by atoms with E-state index in [0.717, 1.165) is 12.0 Å². The van der Waals surface area contributed by atoms with Crippen LogP contribution in [0.25, 0.3) is 0 Å². The molecule has 3 nitrogen and oxygen atoms in total. The summed E-state index contributed by atoms with van der Waals surface area (Å²) in [6, 6.07) is 9.78. The summed E-state index contributed by atoms with van der Waals surface area (Å²) in [5.41, 5.74) is 1.10. The highest BCUT2D eigenvalue weighted by atomic mass is 35.5. The Labute approximate surface area is 101 Å². The van der Waals surface area contributed by atoms with Gasteiger partial charge in [-0.3, -0.25) is 5.41 Å². The average molecular weight is 239 g/mol. The lowest BCUT2D eigenvalue weighted by Crippen LogP contribution is -2.25. The SMILES string of the molecule is N=CO[B][C@@H](Cc1ccccc1)[C@H](O)CCl. The maximum absolute atomic E-state index is 9.69. The molecular formula is C11H14BClNO2. The first-order chi connectivity index (χ1) is 7.77. The fraction of sp³-hybridized carbons (Fsp3) is 0.364. The molecule has 16 heavy (non-hydrogen) atoms. The largest absolute Gasteiger partial charge is 0.555 e. The van der Waals surface area contributed by atoms with Crippen molar-refractivity contribution in [2.75, 3.05) is 5.88 Å². The molecule has 0 heterocycles. The van der Waals surface area contributed by atoms with Crippen molar-refractivity contribution < 1.29 is 9.76 Å². The Hall–Kier alpha value is -0.995. The van der Waals surface area contributed by atoms with Crippen LogP contribution >= 0.6 is 11.6 Å². The van der Waals surface area contributed by atoms with Gasteiger partial charge in [-0.05, 0) is 12.0 Å². The van der Waals surface area contributed by atoms with E-state index >= 15 is 0 Å². The lowest BCUT2D eigenvalue weighted by Gasteiger charge is -2.18. The molecule has 0 spiro atoms. The number of benzene rings is 1. The summed E-state index contributed by atoms with van der Waals surface area (Å²) in [5.74, 6) is -0.0588. The Kier molecular flexibility index (Phi) is 5.97. The number of hydrogen-bond acceptors (Lipinski definition) is 3. The highest BCUT2D eigenvalue weighted by Gasteiger charge is 2.21. The van der Waals surface area contributed by atoms with Gasteiger partial charge in [-0.1, -0.05) is 30.3 Å². The molecule has 0 saturated heterocycles. The van der Waals surface area contributed by atoms with Crippen molar-refractivity contribution in [3.63, 3.8) is 0 Å². The zero-order valence-corrected chi connectivity index (χ0v) is 9.60. The molecule has 0 fully saturated rings. The van der Waals surface area contributed by atoms with Gasteiger partial charge in [-0.2, -0.15) is 0 Å². The number of hydrogen-bond donors (Lipinski definition) is 2. The van der Waals surface area contributed by atoms with Gasteiger partial charge >= 0.3 is 7.48 Å². The summed E-state index contributed by atoms with van der Waals surface area (Å²) in [6.45, 7) is 0. The van der Waals surface area contributed by atoms with Crippen LogP contribution in [0.3, 0.4) is 0 Å². The van der Waals surface area contributed by atoms with Gasteiger partial charge in [0.15, 0.2) is 0 Å². The number of alkyl halides is 1. The van der Waals surface area contributed by atoms with Gasteiger partial charge in [0.05, 0.1) is 6.10 Å². The first-order valence-corrected chi connectivity index (χ1v) is 5.57. The van der Waals surface area contributed by atoms with E-state index in [9.17, 15) is 5.11 Å². The van der Waals surface area contributed by atoms with E-state index in [4.69, 9.17) is 21.7 Å². The van der Waals surface area contributed by atoms with E-state index in [2.05, 4.69) is 0 Å². The maximum Gasteiger partial charge on any atom is 0.377 e. The Morgan fingerprint density at radius 2 is 2.12 bits per heavy atom. The van der Waals surface area contributed by atoms with Crippen molar-refractivity contribution in [1.29, 1.82) is 5.41 Å². The molecule has 1 aromatic carbocycles. The molecule has 0 saturated carbocycles. The fourth-order valence-electron chi connectivity index (χ4n) is 1.42. The lowest BCUT2D eigenvalue weighted by atomic mass is 9.72. The summed E-state index contributed by atoms with van der Waals surface area (Å²) in [6.07, 6.45) is 0.809. The summed E-state index contributed by atoms with van der Waals surface area (Å²) in [4.78, 5) is 0. The van der Waals surface area contributed by atoms with Crippen molar-refractivity contribution in [3.8, 4) is 0 Å². The second-order valence-electron chi connectivity index (χ2n) is 3.47. The van der Waals surface area contributed by atoms with Crippen LogP contribution in [0.4, 0.5) is 0 Å². The minimum Gasteiger partial charge on any atom is -0.555 e. The molecule has 0 aliphatic heterocycles. The van der Waals surface area contributed by atoms with Gasteiger partial charge in [0.2, 0.25) is 0 Å². The molecule has 1 radical (unpaired) electrons. The highest BCUT2D eigenvalue weighted by Crippen LogP contribution is 2.18. The molecule has 1 rings (SSSR count). The van der Waals surface area contributed by atoms with E-state index < -0.39 is 6.10 Å². The number of aliphatic hydroxyl groups is 1. The van der Waals surface area contributed by atoms with E-state index in [1.165, 1.54) is 7.48 Å². The van der Waals surface area contributed by atoms with Gasteiger partial charge in [-0.25, -0.2) is 0 Å². The molecule has 0 bridgehead atoms. The van der Waals surface area contributed by atoms with Gasteiger partial charge in [0.1, 0.15) is 6.40 Å². The van der Waals surface area contributed by atoms with E-state index in [-0.39, 0.29) is 11.7 Å². The van der Waals surface area contributed by atoms with Crippen molar-refractivity contribution in [1.82, 2.24) is 0 Å². The molecule has 2 N–H and O–H groups in total. The van der Waals surface area contributed by atoms with Gasteiger partial charge < -0.3 is 9.76 Å². The summed E-state index contributed by atoms with van der Waals surface area (Å²) in [5, 5.41) is 16.5. The monoisotopic (exact) mass is 238 g/mol. The number of nitrogens with one attached hydrogen (secondary N) is 1. The van der Waals surface area contributed by atoms with Crippen LogP contribution < -0.4 is 0 Å². The standard InChI is InChI=1S/C11H14BClNO2/c13-7-11(15)10(12-16-8-14)6-9-4-2-1-3-5-9/h1-5,8,10-11,14-15H,6-7H2/t10-,11+/m0/s1. The predicted molar refractivity (Wildman–Crippen MR) is 66.2 cm³/mol. The van der Waals surface area contributed by atoms with Crippen molar-refractivity contribution in [3.05, 3.63) is 35.9 Å². The molecule has 2 atom stereocenters. The topological polar surface area (TPSA) is 53.3 Å². The Bertz CT molecular complexity index is 310. The van der Waals surface area contributed by atoms with Crippen LogP contribution in [-0.4, -0.2) is 31.0 Å². The third kappa shape index (κ3) is 4.25. The summed E-state index contributed by atoms with van der Waals surface area (Å²) >= 11 is 5.61. The quantitative estimate of drug-likeness (QED) is 0.330. The molecule has 1 aromatic rings. The highest BCUT2D eigenvalue weighted by molar-refractivity contribution is 6.32. The summed E-state index contributed by atoms with van der Waals surface area (Å²) in [7, 11) is 1.45. The number of aliphatic hydroxyl groups excluding tert-OH is 1. The van der Waals surface area contributed by atoms with Gasteiger partial charge in [-0.15, -0.1) is 11.6 Å². The lowest BCUT2D eigenvalue weighted by molar-refractivity contribution is 0.184. The van der Waals surface area contributed by atoms with Crippen LogP contribution in [0.15, 0.2) is 30.3 Å². The maximum atomic E-state index is 9.69. The van der Waals surface area contributed by atoms with Crippen LogP contribution in [-0.2, 0) is 11.1 Å². The van der Waals surface area contributed by atoms with Crippen molar-refractivity contribution in [2.45, 2.75) is 18.3 Å². The van der Waals surface area contributed by atoms with Crippen molar-refractivity contribution >= 4 is 25.5 Å². The third-order valence-electron chi connectivity index (χ3n) is 2.29. The average Bonchev–Trinajstić information content (AvgIpc) is 2.34. The molecule has 85 valence electrons. The predicted octanol–water partition coefficient (Wildman–Crippen LogP) is 1.86. The number of rotatable bonds is 7.